The number of furan rings is 1. The minimum atomic E-state index is -0.489. The summed E-state index contributed by atoms with van der Waals surface area (Å²) in [6.45, 7) is 2.19. The number of carbonyl (C=O) groups is 1. The predicted molar refractivity (Wildman–Crippen MR) is 105 cm³/mol. The van der Waals surface area contributed by atoms with Crippen molar-refractivity contribution < 1.29 is 14.1 Å². The predicted octanol–water partition coefficient (Wildman–Crippen LogP) is 4.78. The zero-order valence-electron chi connectivity index (χ0n) is 15.4. The normalized spacial score (nSPS) is 26.1. The molecule has 28 heavy (non-hydrogen) atoms. The Bertz CT molecular complexity index is 970. The molecule has 1 amide bonds. The monoisotopic (exact) mass is 401 g/mol. The number of hydrazone groups is 1. The molecule has 0 spiro atoms. The first-order valence-corrected chi connectivity index (χ1v) is 9.65. The molecule has 2 fully saturated rings. The Kier molecular flexibility index (Phi) is 4.71. The molecule has 0 bridgehead atoms. The van der Waals surface area contributed by atoms with E-state index in [2.05, 4.69) is 17.5 Å². The van der Waals surface area contributed by atoms with E-state index in [1.165, 1.54) is 37.3 Å². The molecule has 1 heterocycles. The van der Waals surface area contributed by atoms with Crippen LogP contribution in [0.25, 0.3) is 11.3 Å². The molecule has 1 aromatic carbocycles. The van der Waals surface area contributed by atoms with E-state index in [0.29, 0.717) is 28.0 Å². The van der Waals surface area contributed by atoms with Gasteiger partial charge in [-0.1, -0.05) is 31.4 Å². The molecule has 3 atom stereocenters. The molecule has 0 saturated heterocycles. The van der Waals surface area contributed by atoms with Gasteiger partial charge in [0.1, 0.15) is 11.5 Å². The minimum Gasteiger partial charge on any atom is -0.455 e. The Balaban J connectivity index is 1.42. The van der Waals surface area contributed by atoms with E-state index in [9.17, 15) is 14.9 Å². The van der Waals surface area contributed by atoms with Crippen molar-refractivity contribution in [2.75, 3.05) is 0 Å². The number of nitro groups is 1. The van der Waals surface area contributed by atoms with Gasteiger partial charge in [-0.3, -0.25) is 14.9 Å². The number of rotatable bonds is 5. The topological polar surface area (TPSA) is 97.7 Å². The van der Waals surface area contributed by atoms with Crippen molar-refractivity contribution in [1.29, 1.82) is 0 Å². The Labute approximate surface area is 166 Å². The maximum absolute atomic E-state index is 12.4. The molecule has 1 aromatic heterocycles. The molecular weight excluding hydrogens is 382 g/mol. The Morgan fingerprint density at radius 2 is 2.21 bits per heavy atom. The van der Waals surface area contributed by atoms with E-state index in [4.69, 9.17) is 16.0 Å². The van der Waals surface area contributed by atoms with E-state index in [0.717, 1.165) is 12.8 Å². The first-order chi connectivity index (χ1) is 13.4. The number of hydrogen-bond acceptors (Lipinski definition) is 5. The van der Waals surface area contributed by atoms with Crippen LogP contribution in [-0.2, 0) is 4.79 Å². The highest BCUT2D eigenvalue weighted by Crippen LogP contribution is 2.66. The second-order valence-electron chi connectivity index (χ2n) is 7.69. The number of benzene rings is 1. The first-order valence-electron chi connectivity index (χ1n) is 9.27. The van der Waals surface area contributed by atoms with Gasteiger partial charge < -0.3 is 4.42 Å². The van der Waals surface area contributed by atoms with Crippen molar-refractivity contribution in [2.45, 2.75) is 32.6 Å². The zero-order chi connectivity index (χ0) is 19.9. The molecule has 4 rings (SSSR count). The van der Waals surface area contributed by atoms with Crippen LogP contribution >= 0.6 is 11.6 Å². The van der Waals surface area contributed by atoms with Crippen molar-refractivity contribution in [3.8, 4) is 11.3 Å². The first kappa shape index (κ1) is 18.7. The van der Waals surface area contributed by atoms with Crippen LogP contribution in [-0.4, -0.2) is 17.0 Å². The van der Waals surface area contributed by atoms with E-state index >= 15 is 0 Å². The van der Waals surface area contributed by atoms with Crippen LogP contribution in [0.15, 0.2) is 39.9 Å². The molecule has 3 unspecified atom stereocenters. The Morgan fingerprint density at radius 1 is 1.39 bits per heavy atom. The van der Waals surface area contributed by atoms with Crippen LogP contribution in [0.1, 0.15) is 38.4 Å². The standard InChI is InChI=1S/C20H20ClN3O4/c1-20-9-3-2-4-15(20)18(20)19(25)23-22-11-13-6-8-17(28-13)14-10-12(24(26)27)5-7-16(14)21/h5-8,10-11,15,18H,2-4,9H2,1H3,(H,23,25)/b22-11+. The second-order valence-corrected chi connectivity index (χ2v) is 8.10. The summed E-state index contributed by atoms with van der Waals surface area (Å²) >= 11 is 6.13. The van der Waals surface area contributed by atoms with E-state index in [1.54, 1.807) is 12.1 Å². The lowest BCUT2D eigenvalue weighted by Gasteiger charge is -2.15. The minimum absolute atomic E-state index is 0.0424. The largest absolute Gasteiger partial charge is 0.455 e. The van der Waals surface area contributed by atoms with E-state index < -0.39 is 4.92 Å². The fraction of sp³-hybridized carbons (Fsp3) is 0.400. The van der Waals surface area contributed by atoms with E-state index in [1.807, 2.05) is 0 Å². The van der Waals surface area contributed by atoms with Gasteiger partial charge in [-0.05, 0) is 42.4 Å². The Hall–Kier alpha value is -2.67. The number of nitrogens with zero attached hydrogens (tertiary/aromatic N) is 2. The maximum Gasteiger partial charge on any atom is 0.270 e. The fourth-order valence-corrected chi connectivity index (χ4v) is 4.67. The molecule has 7 nitrogen and oxygen atoms in total. The van der Waals surface area contributed by atoms with Gasteiger partial charge in [-0.25, -0.2) is 5.43 Å². The van der Waals surface area contributed by atoms with Crippen LogP contribution in [0.3, 0.4) is 0 Å². The second kappa shape index (κ2) is 7.05. The van der Waals surface area contributed by atoms with Crippen LogP contribution in [0, 0.1) is 27.4 Å². The summed E-state index contributed by atoms with van der Waals surface area (Å²) in [6.07, 6.45) is 6.02. The number of hydrogen-bond donors (Lipinski definition) is 1. The summed E-state index contributed by atoms with van der Waals surface area (Å²) in [7, 11) is 0. The molecule has 8 heteroatoms. The van der Waals surface area contributed by atoms with Crippen molar-refractivity contribution >= 4 is 29.4 Å². The zero-order valence-corrected chi connectivity index (χ0v) is 16.1. The van der Waals surface area contributed by atoms with Gasteiger partial charge in [0.05, 0.1) is 16.2 Å². The summed E-state index contributed by atoms with van der Waals surface area (Å²) in [6, 6.07) is 7.48. The van der Waals surface area contributed by atoms with Gasteiger partial charge in [0.25, 0.3) is 5.69 Å². The number of nitrogens with one attached hydrogen (secondary N) is 1. The average Bonchev–Trinajstić information content (AvgIpc) is 3.03. The summed E-state index contributed by atoms with van der Waals surface area (Å²) in [5.41, 5.74) is 3.10. The Morgan fingerprint density at radius 3 is 2.93 bits per heavy atom. The molecule has 2 aliphatic rings. The lowest BCUT2D eigenvalue weighted by molar-refractivity contribution is -0.384. The highest BCUT2D eigenvalue weighted by Gasteiger charge is 2.64. The highest BCUT2D eigenvalue weighted by atomic mass is 35.5. The number of halogens is 1. The van der Waals surface area contributed by atoms with Gasteiger partial charge in [0.2, 0.25) is 5.91 Å². The molecule has 1 N–H and O–H groups in total. The van der Waals surface area contributed by atoms with Crippen LogP contribution in [0.5, 0.6) is 0 Å². The highest BCUT2D eigenvalue weighted by molar-refractivity contribution is 6.33. The molecular formula is C20H20ClN3O4. The molecule has 146 valence electrons. The lowest BCUT2D eigenvalue weighted by atomic mass is 9.90. The SMILES string of the molecule is CC12CCCCC1C2C(=O)N/N=C/c1ccc(-c2cc([N+](=O)[O-])ccc2Cl)o1. The number of fused-ring (bicyclic) bond motifs is 1. The molecule has 2 aromatic rings. The number of non-ortho nitro benzene ring substituents is 1. The third-order valence-electron chi connectivity index (χ3n) is 6.03. The summed E-state index contributed by atoms with van der Waals surface area (Å²) in [5.74, 6) is 1.28. The number of nitro benzene ring substituents is 1. The molecule has 0 aliphatic heterocycles. The van der Waals surface area contributed by atoms with Gasteiger partial charge in [-0.15, -0.1) is 0 Å². The third kappa shape index (κ3) is 3.30. The van der Waals surface area contributed by atoms with Crippen LogP contribution in [0.2, 0.25) is 5.02 Å². The molecule has 2 aliphatic carbocycles. The smallest absolute Gasteiger partial charge is 0.270 e. The fourth-order valence-electron chi connectivity index (χ4n) is 4.46. The van der Waals surface area contributed by atoms with Gasteiger partial charge in [0, 0.05) is 23.6 Å². The van der Waals surface area contributed by atoms with Crippen molar-refractivity contribution in [2.24, 2.45) is 22.4 Å². The van der Waals surface area contributed by atoms with Gasteiger partial charge in [-0.2, -0.15) is 5.10 Å². The lowest BCUT2D eigenvalue weighted by Crippen LogP contribution is -2.22. The van der Waals surface area contributed by atoms with Crippen molar-refractivity contribution in [3.05, 3.63) is 51.2 Å². The quantitative estimate of drug-likeness (QED) is 0.442. The van der Waals surface area contributed by atoms with Gasteiger partial charge in [0.15, 0.2) is 0 Å². The van der Waals surface area contributed by atoms with Crippen molar-refractivity contribution in [3.63, 3.8) is 0 Å². The van der Waals surface area contributed by atoms with Crippen LogP contribution < -0.4 is 5.43 Å². The molecule has 0 radical (unpaired) electrons. The summed E-state index contributed by atoms with van der Waals surface area (Å²) < 4.78 is 5.65. The van der Waals surface area contributed by atoms with Gasteiger partial charge >= 0.3 is 0 Å². The summed E-state index contributed by atoms with van der Waals surface area (Å²) in [4.78, 5) is 22.9. The summed E-state index contributed by atoms with van der Waals surface area (Å²) in [5, 5.41) is 15.3. The van der Waals surface area contributed by atoms with E-state index in [-0.39, 0.29) is 22.9 Å². The average molecular weight is 402 g/mol. The third-order valence-corrected chi connectivity index (χ3v) is 6.36. The maximum atomic E-state index is 12.4. The number of carbonyl (C=O) groups excluding carboxylic acids is 1. The molecule has 2 saturated carbocycles. The number of amides is 1. The van der Waals surface area contributed by atoms with Crippen molar-refractivity contribution in [1.82, 2.24) is 5.43 Å². The van der Waals surface area contributed by atoms with Crippen LogP contribution in [0.4, 0.5) is 5.69 Å².